The van der Waals surface area contributed by atoms with Gasteiger partial charge in [-0.1, -0.05) is 134 Å². The van der Waals surface area contributed by atoms with Crippen LogP contribution in [0.5, 0.6) is 0 Å². The summed E-state index contributed by atoms with van der Waals surface area (Å²) >= 11 is 0. The molecule has 188 valence electrons. The zero-order valence-corrected chi connectivity index (χ0v) is 22.2. The molecule has 0 bridgehead atoms. The molecule has 0 aromatic carbocycles. The summed E-state index contributed by atoms with van der Waals surface area (Å²) in [5, 5.41) is 0. The van der Waals surface area contributed by atoms with Crippen molar-refractivity contribution in [3.05, 3.63) is 24.3 Å². The second-order valence-corrected chi connectivity index (χ2v) is 9.80. The van der Waals surface area contributed by atoms with Gasteiger partial charge in [0.25, 0.3) is 0 Å². The first-order valence-corrected chi connectivity index (χ1v) is 14.6. The van der Waals surface area contributed by atoms with Gasteiger partial charge in [-0.3, -0.25) is 4.79 Å². The summed E-state index contributed by atoms with van der Waals surface area (Å²) in [6.45, 7) is 4.53. The van der Waals surface area contributed by atoms with E-state index >= 15 is 0 Å². The molecule has 0 aliphatic rings. The van der Waals surface area contributed by atoms with E-state index in [1.165, 1.54) is 122 Å². The number of ketones is 1. The Kier molecular flexibility index (Phi) is 27.4. The molecular weight excluding hydrogens is 388 g/mol. The zero-order valence-electron chi connectivity index (χ0n) is 22.2. The van der Waals surface area contributed by atoms with Crippen LogP contribution in [0.3, 0.4) is 0 Å². The number of rotatable bonds is 26. The third kappa shape index (κ3) is 27.2. The van der Waals surface area contributed by atoms with Crippen LogP contribution in [0.15, 0.2) is 24.3 Å². The SMILES string of the molecule is CCCCCC=CCC=CCCCCCCCCC(=O)CCCCCCCCCCCC. The minimum Gasteiger partial charge on any atom is -0.300 e. The van der Waals surface area contributed by atoms with Crippen molar-refractivity contribution in [3.8, 4) is 0 Å². The van der Waals surface area contributed by atoms with Crippen LogP contribution in [0.4, 0.5) is 0 Å². The molecule has 0 fully saturated rings. The Labute approximate surface area is 202 Å². The van der Waals surface area contributed by atoms with E-state index in [0.29, 0.717) is 5.78 Å². The fraction of sp³-hybridized carbons (Fsp3) is 0.839. The normalized spacial score (nSPS) is 11.8. The van der Waals surface area contributed by atoms with E-state index in [0.717, 1.165) is 32.1 Å². The third-order valence-corrected chi connectivity index (χ3v) is 6.47. The third-order valence-electron chi connectivity index (χ3n) is 6.47. The molecular formula is C31H58O. The highest BCUT2D eigenvalue weighted by atomic mass is 16.1. The van der Waals surface area contributed by atoms with E-state index in [4.69, 9.17) is 0 Å². The van der Waals surface area contributed by atoms with Crippen LogP contribution < -0.4 is 0 Å². The predicted molar refractivity (Wildman–Crippen MR) is 145 cm³/mol. The smallest absolute Gasteiger partial charge is 0.132 e. The Morgan fingerprint density at radius 1 is 0.438 bits per heavy atom. The van der Waals surface area contributed by atoms with Crippen molar-refractivity contribution in [2.24, 2.45) is 0 Å². The average Bonchev–Trinajstić information content (AvgIpc) is 2.80. The Bertz CT molecular complexity index is 420. The van der Waals surface area contributed by atoms with Gasteiger partial charge in [0.05, 0.1) is 0 Å². The number of hydrogen-bond donors (Lipinski definition) is 0. The average molecular weight is 447 g/mol. The molecule has 0 amide bonds. The highest BCUT2D eigenvalue weighted by Gasteiger charge is 2.02. The van der Waals surface area contributed by atoms with Gasteiger partial charge in [0.1, 0.15) is 5.78 Å². The summed E-state index contributed by atoms with van der Waals surface area (Å²) in [5.74, 6) is 0.508. The summed E-state index contributed by atoms with van der Waals surface area (Å²) < 4.78 is 0. The summed E-state index contributed by atoms with van der Waals surface area (Å²) in [6.07, 6.45) is 39.6. The second-order valence-electron chi connectivity index (χ2n) is 9.80. The molecule has 0 saturated carbocycles. The molecule has 0 atom stereocenters. The van der Waals surface area contributed by atoms with Crippen LogP contribution in [0.1, 0.15) is 168 Å². The molecule has 1 nitrogen and oxygen atoms in total. The summed E-state index contributed by atoms with van der Waals surface area (Å²) in [5.41, 5.74) is 0. The summed E-state index contributed by atoms with van der Waals surface area (Å²) in [6, 6.07) is 0. The van der Waals surface area contributed by atoms with Crippen LogP contribution >= 0.6 is 0 Å². The maximum absolute atomic E-state index is 12.0. The minimum atomic E-state index is 0.508. The predicted octanol–water partition coefficient (Wildman–Crippen LogP) is 11.1. The Balaban J connectivity index is 3.24. The highest BCUT2D eigenvalue weighted by Crippen LogP contribution is 2.13. The van der Waals surface area contributed by atoms with Crippen LogP contribution in [-0.4, -0.2) is 5.78 Å². The maximum atomic E-state index is 12.0. The molecule has 0 N–H and O–H groups in total. The van der Waals surface area contributed by atoms with Crippen molar-refractivity contribution in [1.82, 2.24) is 0 Å². The molecule has 0 rings (SSSR count). The standard InChI is InChI=1S/C31H58O/c1-3-5-7-9-11-13-15-16-17-18-19-20-22-24-26-28-30-31(32)29-27-25-23-21-14-12-10-8-6-4-2/h11,13,16-17H,3-10,12,14-15,18-30H2,1-2H3. The monoisotopic (exact) mass is 446 g/mol. The molecule has 0 spiro atoms. The van der Waals surface area contributed by atoms with Gasteiger partial charge >= 0.3 is 0 Å². The fourth-order valence-corrected chi connectivity index (χ4v) is 4.24. The lowest BCUT2D eigenvalue weighted by Gasteiger charge is -2.03. The van der Waals surface area contributed by atoms with Gasteiger partial charge in [-0.25, -0.2) is 0 Å². The number of allylic oxidation sites excluding steroid dienone is 4. The fourth-order valence-electron chi connectivity index (χ4n) is 4.24. The first kappa shape index (κ1) is 31.1. The molecule has 0 unspecified atom stereocenters. The van der Waals surface area contributed by atoms with E-state index in [9.17, 15) is 4.79 Å². The summed E-state index contributed by atoms with van der Waals surface area (Å²) in [7, 11) is 0. The second kappa shape index (κ2) is 28.2. The van der Waals surface area contributed by atoms with Gasteiger partial charge in [-0.2, -0.15) is 0 Å². The van der Waals surface area contributed by atoms with Gasteiger partial charge in [0, 0.05) is 12.8 Å². The van der Waals surface area contributed by atoms with Crippen molar-refractivity contribution in [2.75, 3.05) is 0 Å². The largest absolute Gasteiger partial charge is 0.300 e. The number of Topliss-reactive ketones (excluding diaryl/α,β-unsaturated/α-hetero) is 1. The van der Waals surface area contributed by atoms with Crippen LogP contribution in [-0.2, 0) is 4.79 Å². The molecule has 0 radical (unpaired) electrons. The quantitative estimate of drug-likeness (QED) is 0.0953. The number of carbonyl (C=O) groups excluding carboxylic acids is 1. The van der Waals surface area contributed by atoms with Crippen LogP contribution in [0, 0.1) is 0 Å². The lowest BCUT2D eigenvalue weighted by Crippen LogP contribution is -1.97. The van der Waals surface area contributed by atoms with E-state index in [-0.39, 0.29) is 0 Å². The zero-order chi connectivity index (χ0) is 23.4. The van der Waals surface area contributed by atoms with E-state index in [1.54, 1.807) is 0 Å². The molecule has 0 heterocycles. The number of carbonyl (C=O) groups is 1. The molecule has 1 heteroatoms. The van der Waals surface area contributed by atoms with Crippen LogP contribution in [0.2, 0.25) is 0 Å². The maximum Gasteiger partial charge on any atom is 0.132 e. The van der Waals surface area contributed by atoms with Crippen molar-refractivity contribution in [1.29, 1.82) is 0 Å². The summed E-state index contributed by atoms with van der Waals surface area (Å²) in [4.78, 5) is 12.0. The lowest BCUT2D eigenvalue weighted by molar-refractivity contribution is -0.119. The van der Waals surface area contributed by atoms with Crippen molar-refractivity contribution in [2.45, 2.75) is 168 Å². The van der Waals surface area contributed by atoms with E-state index in [1.807, 2.05) is 0 Å². The molecule has 0 aromatic heterocycles. The molecule has 0 aliphatic carbocycles. The van der Waals surface area contributed by atoms with Gasteiger partial charge in [-0.15, -0.1) is 0 Å². The van der Waals surface area contributed by atoms with Crippen molar-refractivity contribution >= 4 is 5.78 Å². The first-order chi connectivity index (χ1) is 15.8. The molecule has 32 heavy (non-hydrogen) atoms. The molecule has 0 aromatic rings. The van der Waals surface area contributed by atoms with E-state index < -0.39 is 0 Å². The van der Waals surface area contributed by atoms with Gasteiger partial charge in [-0.05, 0) is 44.9 Å². The number of unbranched alkanes of at least 4 members (excludes halogenated alkanes) is 18. The van der Waals surface area contributed by atoms with Crippen molar-refractivity contribution < 1.29 is 4.79 Å². The van der Waals surface area contributed by atoms with Crippen LogP contribution in [0.25, 0.3) is 0 Å². The van der Waals surface area contributed by atoms with Gasteiger partial charge < -0.3 is 0 Å². The Morgan fingerprint density at radius 2 is 0.781 bits per heavy atom. The number of hydrogen-bond acceptors (Lipinski definition) is 1. The molecule has 0 aliphatic heterocycles. The van der Waals surface area contributed by atoms with Gasteiger partial charge in [0.15, 0.2) is 0 Å². The van der Waals surface area contributed by atoms with Gasteiger partial charge in [0.2, 0.25) is 0 Å². The Hall–Kier alpha value is -0.850. The molecule has 0 saturated heterocycles. The van der Waals surface area contributed by atoms with E-state index in [2.05, 4.69) is 38.2 Å². The topological polar surface area (TPSA) is 17.1 Å². The first-order valence-electron chi connectivity index (χ1n) is 14.6. The van der Waals surface area contributed by atoms with Crippen molar-refractivity contribution in [3.63, 3.8) is 0 Å². The lowest BCUT2D eigenvalue weighted by atomic mass is 10.0. The highest BCUT2D eigenvalue weighted by molar-refractivity contribution is 5.78. The minimum absolute atomic E-state index is 0.508. The Morgan fingerprint density at radius 3 is 1.25 bits per heavy atom.